The van der Waals surface area contributed by atoms with E-state index in [-0.39, 0.29) is 12.2 Å². The lowest BCUT2D eigenvalue weighted by atomic mass is 10.1. The van der Waals surface area contributed by atoms with Crippen LogP contribution in [0.25, 0.3) is 5.57 Å². The fourth-order valence-corrected chi connectivity index (χ4v) is 1.80. The largest absolute Gasteiger partial charge is 0.462 e. The first-order chi connectivity index (χ1) is 9.65. The van der Waals surface area contributed by atoms with Crippen LogP contribution in [0.1, 0.15) is 12.5 Å². The van der Waals surface area contributed by atoms with Gasteiger partial charge in [-0.15, -0.1) is 0 Å². The number of aromatic nitrogens is 2. The van der Waals surface area contributed by atoms with Crippen LogP contribution >= 0.6 is 0 Å². The van der Waals surface area contributed by atoms with Gasteiger partial charge < -0.3 is 15.5 Å². The molecule has 0 atom stereocenters. The molecule has 0 aliphatic carbocycles. The summed E-state index contributed by atoms with van der Waals surface area (Å²) in [5.74, 6) is -0.507. The molecule has 0 aromatic carbocycles. The number of rotatable bonds is 4. The Bertz CT molecular complexity index is 623. The Morgan fingerprint density at radius 2 is 2.35 bits per heavy atom. The van der Waals surface area contributed by atoms with Crippen LogP contribution in [0.15, 0.2) is 42.0 Å². The minimum atomic E-state index is -0.507. The Hall–Kier alpha value is -2.63. The number of dihydropyridines is 1. The van der Waals surface area contributed by atoms with Crippen molar-refractivity contribution in [2.45, 2.75) is 6.92 Å². The first kappa shape index (κ1) is 13.8. The molecule has 2 N–H and O–H groups in total. The molecule has 0 bridgehead atoms. The maximum absolute atomic E-state index is 11.7. The van der Waals surface area contributed by atoms with Crippen molar-refractivity contribution >= 4 is 17.8 Å². The lowest BCUT2D eigenvalue weighted by molar-refractivity contribution is -0.137. The monoisotopic (exact) mass is 272 g/mol. The van der Waals surface area contributed by atoms with E-state index in [1.807, 2.05) is 19.3 Å². The first-order valence-corrected chi connectivity index (χ1v) is 6.21. The Morgan fingerprint density at radius 1 is 1.55 bits per heavy atom. The molecule has 0 saturated heterocycles. The van der Waals surface area contributed by atoms with Crippen LogP contribution in [0, 0.1) is 5.41 Å². The van der Waals surface area contributed by atoms with Crippen LogP contribution in [-0.2, 0) is 16.6 Å². The Morgan fingerprint density at radius 3 is 2.85 bits per heavy atom. The van der Waals surface area contributed by atoms with Gasteiger partial charge in [0.1, 0.15) is 5.57 Å². The lowest BCUT2D eigenvalue weighted by Gasteiger charge is -2.13. The Kier molecular flexibility index (Phi) is 4.14. The van der Waals surface area contributed by atoms with E-state index < -0.39 is 5.97 Å². The number of esters is 1. The molecule has 1 aliphatic rings. The molecule has 0 spiro atoms. The van der Waals surface area contributed by atoms with Gasteiger partial charge in [-0.1, -0.05) is 6.08 Å². The molecule has 1 aromatic heterocycles. The summed E-state index contributed by atoms with van der Waals surface area (Å²) in [7, 11) is 1.85. The zero-order valence-electron chi connectivity index (χ0n) is 11.4. The smallest absolute Gasteiger partial charge is 0.341 e. The molecule has 0 radical (unpaired) electrons. The molecule has 1 aromatic rings. The molecule has 2 heterocycles. The molecule has 6 nitrogen and oxygen atoms in total. The third-order valence-corrected chi connectivity index (χ3v) is 2.78. The summed E-state index contributed by atoms with van der Waals surface area (Å²) in [6, 6.07) is 0. The predicted octanol–water partition coefficient (Wildman–Crippen LogP) is 1.39. The molecule has 104 valence electrons. The average Bonchev–Trinajstić information content (AvgIpc) is 2.87. The van der Waals surface area contributed by atoms with Crippen molar-refractivity contribution in [3.63, 3.8) is 0 Å². The molecule has 0 saturated carbocycles. The normalized spacial score (nSPS) is 16.2. The molecular formula is C14H16N4O2. The quantitative estimate of drug-likeness (QED) is 0.493. The molecule has 20 heavy (non-hydrogen) atoms. The van der Waals surface area contributed by atoms with E-state index in [2.05, 4.69) is 10.4 Å². The Labute approximate surface area is 116 Å². The minimum absolute atomic E-state index is 0.199. The number of ether oxygens (including phenoxy) is 1. The highest BCUT2D eigenvalue weighted by Crippen LogP contribution is 2.19. The van der Waals surface area contributed by atoms with Gasteiger partial charge in [-0.05, 0) is 13.0 Å². The maximum atomic E-state index is 11.7. The van der Waals surface area contributed by atoms with Crippen molar-refractivity contribution in [2.75, 3.05) is 6.61 Å². The number of nitrogens with one attached hydrogen (secondary N) is 2. The van der Waals surface area contributed by atoms with Gasteiger partial charge in [0.2, 0.25) is 0 Å². The molecule has 1 aliphatic heterocycles. The van der Waals surface area contributed by atoms with E-state index in [0.29, 0.717) is 5.70 Å². The number of carbonyl (C=O) groups excluding carboxylic acids is 1. The SMILES string of the molecule is CCOC(=O)/C(C=N)=C1\C=CC(c2cnn(C)c2)=CN1. The molecular weight excluding hydrogens is 256 g/mol. The van der Waals surface area contributed by atoms with Crippen LogP contribution in [0.3, 0.4) is 0 Å². The Balaban J connectivity index is 2.21. The third-order valence-electron chi connectivity index (χ3n) is 2.78. The summed E-state index contributed by atoms with van der Waals surface area (Å²) in [5, 5.41) is 14.4. The maximum Gasteiger partial charge on any atom is 0.341 e. The van der Waals surface area contributed by atoms with Crippen LogP contribution in [0.2, 0.25) is 0 Å². The standard InChI is InChI=1S/C14H16N4O2/c1-3-20-14(19)12(6-15)13-5-4-10(7-16-13)11-8-17-18(2)9-11/h4-9,15-16H,3H2,1-2H3/b13-12+,15-6?. The van der Waals surface area contributed by atoms with Gasteiger partial charge in [0.15, 0.2) is 0 Å². The van der Waals surface area contributed by atoms with E-state index in [4.69, 9.17) is 10.1 Å². The van der Waals surface area contributed by atoms with Crippen molar-refractivity contribution in [1.29, 1.82) is 5.41 Å². The summed E-state index contributed by atoms with van der Waals surface area (Å²) in [6.45, 7) is 2.01. The molecule has 0 fully saturated rings. The summed E-state index contributed by atoms with van der Waals surface area (Å²) < 4.78 is 6.63. The zero-order chi connectivity index (χ0) is 14.5. The summed E-state index contributed by atoms with van der Waals surface area (Å²) in [5.41, 5.74) is 2.67. The highest BCUT2D eigenvalue weighted by molar-refractivity contribution is 6.09. The van der Waals surface area contributed by atoms with Crippen LogP contribution in [0.4, 0.5) is 0 Å². The number of carbonyl (C=O) groups is 1. The number of hydrogen-bond acceptors (Lipinski definition) is 5. The van der Waals surface area contributed by atoms with E-state index in [9.17, 15) is 4.79 Å². The summed E-state index contributed by atoms with van der Waals surface area (Å²) >= 11 is 0. The summed E-state index contributed by atoms with van der Waals surface area (Å²) in [4.78, 5) is 11.7. The van der Waals surface area contributed by atoms with Crippen molar-refractivity contribution in [2.24, 2.45) is 7.05 Å². The van der Waals surface area contributed by atoms with Gasteiger partial charge in [-0.2, -0.15) is 5.10 Å². The lowest BCUT2D eigenvalue weighted by Crippen LogP contribution is -2.17. The fourth-order valence-electron chi connectivity index (χ4n) is 1.80. The van der Waals surface area contributed by atoms with E-state index in [0.717, 1.165) is 17.4 Å². The second-order valence-electron chi connectivity index (χ2n) is 4.17. The van der Waals surface area contributed by atoms with Crippen molar-refractivity contribution in [1.82, 2.24) is 15.1 Å². The number of aryl methyl sites for hydroxylation is 1. The second-order valence-corrected chi connectivity index (χ2v) is 4.17. The van der Waals surface area contributed by atoms with Crippen LogP contribution in [0.5, 0.6) is 0 Å². The predicted molar refractivity (Wildman–Crippen MR) is 75.9 cm³/mol. The number of nitrogens with zero attached hydrogens (tertiary/aromatic N) is 2. The van der Waals surface area contributed by atoms with Gasteiger partial charge in [-0.3, -0.25) is 4.68 Å². The first-order valence-electron chi connectivity index (χ1n) is 6.21. The minimum Gasteiger partial charge on any atom is -0.462 e. The van der Waals surface area contributed by atoms with Gasteiger partial charge in [0.05, 0.1) is 18.5 Å². The zero-order valence-corrected chi connectivity index (χ0v) is 11.4. The average molecular weight is 272 g/mol. The van der Waals surface area contributed by atoms with E-state index in [1.165, 1.54) is 0 Å². The van der Waals surface area contributed by atoms with Crippen LogP contribution < -0.4 is 5.32 Å². The van der Waals surface area contributed by atoms with Crippen molar-refractivity contribution < 1.29 is 9.53 Å². The highest BCUT2D eigenvalue weighted by Gasteiger charge is 2.15. The molecule has 2 rings (SSSR count). The fraction of sp³-hybridized carbons (Fsp3) is 0.214. The van der Waals surface area contributed by atoms with E-state index in [1.54, 1.807) is 30.1 Å². The van der Waals surface area contributed by atoms with Gasteiger partial charge in [0.25, 0.3) is 0 Å². The van der Waals surface area contributed by atoms with E-state index >= 15 is 0 Å². The molecule has 0 unspecified atom stereocenters. The highest BCUT2D eigenvalue weighted by atomic mass is 16.5. The van der Waals surface area contributed by atoms with Crippen molar-refractivity contribution in [3.8, 4) is 0 Å². The number of allylic oxidation sites excluding steroid dienone is 3. The number of hydrogen-bond donors (Lipinski definition) is 2. The van der Waals surface area contributed by atoms with Gasteiger partial charge in [0, 0.05) is 36.8 Å². The topological polar surface area (TPSA) is 80.0 Å². The molecule has 0 amide bonds. The van der Waals surface area contributed by atoms with Gasteiger partial charge >= 0.3 is 5.97 Å². The van der Waals surface area contributed by atoms with Crippen molar-refractivity contribution in [3.05, 3.63) is 47.6 Å². The molecule has 6 heteroatoms. The van der Waals surface area contributed by atoms with Gasteiger partial charge in [-0.25, -0.2) is 4.79 Å². The second kappa shape index (κ2) is 6.01. The van der Waals surface area contributed by atoms with Crippen LogP contribution in [-0.4, -0.2) is 28.6 Å². The summed E-state index contributed by atoms with van der Waals surface area (Å²) in [6.07, 6.45) is 10.0. The third kappa shape index (κ3) is 2.85.